The van der Waals surface area contributed by atoms with Gasteiger partial charge in [-0.1, -0.05) is 98.9 Å². The molecule has 186 valence electrons. The Bertz CT molecular complexity index is 1720. The van der Waals surface area contributed by atoms with Gasteiger partial charge in [0.15, 0.2) is 0 Å². The number of rotatable bonds is 3. The average Bonchev–Trinajstić information content (AvgIpc) is 3.08. The van der Waals surface area contributed by atoms with Gasteiger partial charge in [0.2, 0.25) is 0 Å². The molecule has 3 aromatic carbocycles. The van der Waals surface area contributed by atoms with E-state index in [1.165, 1.54) is 59.7 Å². The van der Waals surface area contributed by atoms with E-state index in [1.54, 1.807) is 0 Å². The highest BCUT2D eigenvalue weighted by Crippen LogP contribution is 2.46. The van der Waals surface area contributed by atoms with E-state index in [-0.39, 0.29) is 5.41 Å². The zero-order chi connectivity index (χ0) is 25.9. The molecular formula is C36H31NS. The first-order chi connectivity index (χ1) is 18.5. The van der Waals surface area contributed by atoms with Crippen LogP contribution in [0.2, 0.25) is 0 Å². The summed E-state index contributed by atoms with van der Waals surface area (Å²) in [6.45, 7) is 4.69. The maximum Gasteiger partial charge on any atom is 0.0411 e. The zero-order valence-corrected chi connectivity index (χ0v) is 22.9. The van der Waals surface area contributed by atoms with Crippen molar-refractivity contribution < 1.29 is 0 Å². The van der Waals surface area contributed by atoms with Crippen LogP contribution in [0.5, 0.6) is 0 Å². The molecule has 2 heteroatoms. The lowest BCUT2D eigenvalue weighted by atomic mass is 9.68. The van der Waals surface area contributed by atoms with Crippen molar-refractivity contribution in [3.05, 3.63) is 148 Å². The summed E-state index contributed by atoms with van der Waals surface area (Å²) >= 11 is 1.91. The average molecular weight is 510 g/mol. The predicted molar refractivity (Wildman–Crippen MR) is 165 cm³/mol. The van der Waals surface area contributed by atoms with Gasteiger partial charge in [-0.2, -0.15) is 0 Å². The Morgan fingerprint density at radius 1 is 0.895 bits per heavy atom. The molecule has 0 saturated heterocycles. The van der Waals surface area contributed by atoms with E-state index < -0.39 is 0 Å². The van der Waals surface area contributed by atoms with Gasteiger partial charge in [0.05, 0.1) is 0 Å². The van der Waals surface area contributed by atoms with Gasteiger partial charge in [-0.25, -0.2) is 0 Å². The fourth-order valence-corrected chi connectivity index (χ4v) is 7.46. The maximum atomic E-state index is 2.42. The molecule has 3 aliphatic carbocycles. The molecule has 1 aromatic heterocycles. The summed E-state index contributed by atoms with van der Waals surface area (Å²) in [5.74, 6) is 0.349. The molecule has 2 bridgehead atoms. The van der Waals surface area contributed by atoms with Crippen molar-refractivity contribution in [1.29, 1.82) is 0 Å². The Balaban J connectivity index is 1.22. The van der Waals surface area contributed by atoms with Crippen LogP contribution >= 0.6 is 11.3 Å². The highest BCUT2D eigenvalue weighted by molar-refractivity contribution is 7.20. The van der Waals surface area contributed by atoms with Crippen LogP contribution in [0, 0.1) is 0 Å². The molecule has 0 saturated carbocycles. The van der Waals surface area contributed by atoms with Crippen LogP contribution in [0.4, 0.5) is 11.4 Å². The molecular weight excluding hydrogens is 478 g/mol. The molecule has 0 fully saturated rings. The molecule has 38 heavy (non-hydrogen) atoms. The van der Waals surface area contributed by atoms with E-state index in [0.717, 1.165) is 6.42 Å². The Hall–Kier alpha value is -3.88. The quantitative estimate of drug-likeness (QED) is 0.266. The first-order valence-electron chi connectivity index (χ1n) is 13.4. The van der Waals surface area contributed by atoms with Crippen molar-refractivity contribution >= 4 is 38.4 Å². The summed E-state index contributed by atoms with van der Waals surface area (Å²) in [6.07, 6.45) is 19.1. The second kappa shape index (κ2) is 8.85. The Morgan fingerprint density at radius 2 is 1.71 bits per heavy atom. The Kier molecular flexibility index (Phi) is 5.42. The van der Waals surface area contributed by atoms with Crippen molar-refractivity contribution in [3.63, 3.8) is 0 Å². The van der Waals surface area contributed by atoms with Crippen LogP contribution < -0.4 is 4.90 Å². The van der Waals surface area contributed by atoms with Gasteiger partial charge in [-0.15, -0.1) is 11.3 Å². The van der Waals surface area contributed by atoms with Gasteiger partial charge >= 0.3 is 0 Å². The smallest absolute Gasteiger partial charge is 0.0411 e. The van der Waals surface area contributed by atoms with Crippen molar-refractivity contribution in [2.75, 3.05) is 11.9 Å². The molecule has 3 aliphatic rings. The third-order valence-electron chi connectivity index (χ3n) is 8.47. The second-order valence-corrected chi connectivity index (χ2v) is 12.1. The topological polar surface area (TPSA) is 3.24 Å². The van der Waals surface area contributed by atoms with Gasteiger partial charge in [0, 0.05) is 39.3 Å². The van der Waals surface area contributed by atoms with Crippen LogP contribution in [0.3, 0.4) is 0 Å². The number of allylic oxidation sites excluding steroid dienone is 9. The zero-order valence-electron chi connectivity index (χ0n) is 22.1. The molecule has 4 aromatic rings. The van der Waals surface area contributed by atoms with Crippen LogP contribution in [0.25, 0.3) is 15.7 Å². The molecule has 0 aliphatic heterocycles. The van der Waals surface area contributed by atoms with E-state index in [1.807, 2.05) is 11.3 Å². The number of hydrogen-bond acceptors (Lipinski definition) is 2. The lowest BCUT2D eigenvalue weighted by Gasteiger charge is -2.36. The van der Waals surface area contributed by atoms with Crippen LogP contribution in [-0.2, 0) is 11.8 Å². The highest BCUT2D eigenvalue weighted by Gasteiger charge is 2.33. The third kappa shape index (κ3) is 3.67. The summed E-state index contributed by atoms with van der Waals surface area (Å²) in [7, 11) is 2.18. The van der Waals surface area contributed by atoms with E-state index in [2.05, 4.69) is 141 Å². The fraction of sp³-hybridized carbons (Fsp3) is 0.167. The van der Waals surface area contributed by atoms with E-state index >= 15 is 0 Å². The minimum atomic E-state index is -0.0174. The molecule has 1 atom stereocenters. The molecule has 0 radical (unpaired) electrons. The fourth-order valence-electron chi connectivity index (χ4n) is 6.18. The monoisotopic (exact) mass is 509 g/mol. The normalized spacial score (nSPS) is 18.8. The van der Waals surface area contributed by atoms with Gasteiger partial charge in [-0.05, 0) is 75.5 Å². The molecule has 1 nitrogen and oxygen atoms in total. The molecule has 7 rings (SSSR count). The first kappa shape index (κ1) is 23.3. The van der Waals surface area contributed by atoms with Gasteiger partial charge in [0.25, 0.3) is 0 Å². The molecule has 1 unspecified atom stereocenters. The standard InChI is InChI=1S/C36H31NS/c1-36(2)26-11-5-4-10-25(22-26)29-21-20-28(23-33(29)36)37(3)27-18-16-24(17-19-27)30-12-6-7-14-32-31-13-8-9-15-34(31)38-35(30)32/h4-13,15-23,25H,14H2,1-3H3. The van der Waals surface area contributed by atoms with Gasteiger partial charge < -0.3 is 4.90 Å². The van der Waals surface area contributed by atoms with Crippen molar-refractivity contribution in [2.24, 2.45) is 0 Å². The Morgan fingerprint density at radius 3 is 2.58 bits per heavy atom. The van der Waals surface area contributed by atoms with Crippen LogP contribution in [0.15, 0.2) is 121 Å². The van der Waals surface area contributed by atoms with Crippen molar-refractivity contribution in [2.45, 2.75) is 31.6 Å². The Labute approximate surface area is 229 Å². The summed E-state index contributed by atoms with van der Waals surface area (Å²) in [6, 6.07) is 24.9. The predicted octanol–water partition coefficient (Wildman–Crippen LogP) is 9.64. The number of hydrogen-bond donors (Lipinski definition) is 0. The third-order valence-corrected chi connectivity index (χ3v) is 9.72. The largest absolute Gasteiger partial charge is 0.345 e. The molecule has 0 spiro atoms. The summed E-state index contributed by atoms with van der Waals surface area (Å²) in [5.41, 5.74) is 10.7. The minimum absolute atomic E-state index is 0.0174. The second-order valence-electron chi connectivity index (χ2n) is 11.0. The van der Waals surface area contributed by atoms with Crippen molar-refractivity contribution in [1.82, 2.24) is 0 Å². The molecule has 1 heterocycles. The summed E-state index contributed by atoms with van der Waals surface area (Å²) in [4.78, 5) is 3.71. The SMILES string of the molecule is CN(c1ccc(C2=CC=CCc3c2sc2ccccc32)cc1)c1ccc2c(c1)C(C)(C)C1=CC2C=CC=C1. The summed E-state index contributed by atoms with van der Waals surface area (Å²) < 4.78 is 1.37. The van der Waals surface area contributed by atoms with Crippen LogP contribution in [-0.4, -0.2) is 7.05 Å². The number of fused-ring (bicyclic) bond motifs is 6. The number of nitrogens with zero attached hydrogens (tertiary/aromatic N) is 1. The maximum absolute atomic E-state index is 2.42. The van der Waals surface area contributed by atoms with Gasteiger partial charge in [0.1, 0.15) is 0 Å². The van der Waals surface area contributed by atoms with E-state index in [0.29, 0.717) is 5.92 Å². The lowest BCUT2D eigenvalue weighted by Crippen LogP contribution is -2.26. The minimum Gasteiger partial charge on any atom is -0.345 e. The molecule has 0 N–H and O–H groups in total. The van der Waals surface area contributed by atoms with E-state index in [9.17, 15) is 0 Å². The van der Waals surface area contributed by atoms with Crippen LogP contribution in [0.1, 0.15) is 46.9 Å². The first-order valence-corrected chi connectivity index (χ1v) is 14.3. The highest BCUT2D eigenvalue weighted by atomic mass is 32.1. The lowest BCUT2D eigenvalue weighted by molar-refractivity contribution is 0.610. The summed E-state index contributed by atoms with van der Waals surface area (Å²) in [5, 5.41) is 1.39. The number of thiophene rings is 1. The number of benzene rings is 3. The van der Waals surface area contributed by atoms with E-state index in [4.69, 9.17) is 0 Å². The van der Waals surface area contributed by atoms with Gasteiger partial charge in [-0.3, -0.25) is 0 Å². The number of anilines is 2. The van der Waals surface area contributed by atoms with Crippen molar-refractivity contribution in [3.8, 4) is 0 Å². The molecule has 0 amide bonds.